The van der Waals surface area contributed by atoms with Gasteiger partial charge in [0.1, 0.15) is 11.4 Å². The van der Waals surface area contributed by atoms with Gasteiger partial charge < -0.3 is 9.84 Å². The molecular weight excluding hydrogens is 406 g/mol. The van der Waals surface area contributed by atoms with E-state index in [4.69, 9.17) is 4.74 Å². The Bertz CT molecular complexity index is 1110. The molecule has 5 rings (SSSR count). The molecule has 0 unspecified atom stereocenters. The molecule has 4 aliphatic rings. The molecular formula is C22H27NO6S. The van der Waals surface area contributed by atoms with Gasteiger partial charge in [0.2, 0.25) is 5.91 Å². The number of fused-ring (bicyclic) bond motifs is 2. The summed E-state index contributed by atoms with van der Waals surface area (Å²) in [6.07, 6.45) is 5.17. The van der Waals surface area contributed by atoms with Crippen LogP contribution in [0.1, 0.15) is 57.1 Å². The van der Waals surface area contributed by atoms with Gasteiger partial charge in [-0.1, -0.05) is 12.5 Å². The van der Waals surface area contributed by atoms with Crippen molar-refractivity contribution in [1.82, 2.24) is 0 Å². The van der Waals surface area contributed by atoms with Gasteiger partial charge in [-0.3, -0.25) is 9.35 Å². The standard InChI is InChI=1S/C22H27NO6S/c1-12(24)23(30(26,27)28)18-8-13-4-5-17-15(16(13)10-19(18)29-3)6-7-21(2)20(25)9-14-11-22(14,17)21/h8,10,14,20,25H,4-7,9,11H2,1-3H3,(H,26,27,28)/t14-,20-,21-,22+/m1/s1. The van der Waals surface area contributed by atoms with Gasteiger partial charge in [0.15, 0.2) is 0 Å². The number of benzene rings is 1. The number of nitrogens with zero attached hydrogens (tertiary/aromatic N) is 1. The van der Waals surface area contributed by atoms with E-state index in [0.29, 0.717) is 10.2 Å². The van der Waals surface area contributed by atoms with Gasteiger partial charge in [0, 0.05) is 17.8 Å². The van der Waals surface area contributed by atoms with Gasteiger partial charge in [-0.15, -0.1) is 0 Å². The van der Waals surface area contributed by atoms with Crippen molar-refractivity contribution in [2.75, 3.05) is 11.4 Å². The third kappa shape index (κ3) is 2.38. The lowest BCUT2D eigenvalue weighted by molar-refractivity contribution is -0.115. The van der Waals surface area contributed by atoms with Crippen molar-refractivity contribution in [2.45, 2.75) is 58.5 Å². The molecule has 0 heterocycles. The lowest BCUT2D eigenvalue weighted by Gasteiger charge is -2.46. The number of methoxy groups -OCH3 is 1. The molecule has 2 N–H and O–H groups in total. The number of allylic oxidation sites excluding steroid dienone is 2. The normalized spacial score (nSPS) is 33.9. The fourth-order valence-corrected chi connectivity index (χ4v) is 7.57. The molecule has 0 radical (unpaired) electrons. The van der Waals surface area contributed by atoms with Crippen molar-refractivity contribution in [3.63, 3.8) is 0 Å². The number of aliphatic hydroxyl groups excluding tert-OH is 1. The topological polar surface area (TPSA) is 104 Å². The Morgan fingerprint density at radius 3 is 2.63 bits per heavy atom. The third-order valence-electron chi connectivity index (χ3n) is 8.27. The van der Waals surface area contributed by atoms with Crippen molar-refractivity contribution in [1.29, 1.82) is 0 Å². The second kappa shape index (κ2) is 6.08. The average molecular weight is 434 g/mol. The van der Waals surface area contributed by atoms with Crippen molar-refractivity contribution >= 4 is 27.5 Å². The highest BCUT2D eigenvalue weighted by molar-refractivity contribution is 7.88. The van der Waals surface area contributed by atoms with E-state index < -0.39 is 16.2 Å². The summed E-state index contributed by atoms with van der Waals surface area (Å²) in [6.45, 7) is 3.33. The van der Waals surface area contributed by atoms with E-state index in [0.717, 1.165) is 56.6 Å². The number of aryl methyl sites for hydroxylation is 1. The monoisotopic (exact) mass is 433 g/mol. The first kappa shape index (κ1) is 20.0. The molecule has 30 heavy (non-hydrogen) atoms. The van der Waals surface area contributed by atoms with Crippen LogP contribution < -0.4 is 9.04 Å². The Morgan fingerprint density at radius 1 is 1.27 bits per heavy atom. The Balaban J connectivity index is 1.66. The number of ether oxygens (including phenoxy) is 1. The van der Waals surface area contributed by atoms with E-state index >= 15 is 0 Å². The van der Waals surface area contributed by atoms with Crippen LogP contribution in [0, 0.1) is 16.7 Å². The highest BCUT2D eigenvalue weighted by Gasteiger charge is 2.74. The molecule has 0 aliphatic heterocycles. The molecule has 1 aromatic rings. The Hall–Kier alpha value is -1.90. The zero-order valence-corrected chi connectivity index (χ0v) is 18.3. The summed E-state index contributed by atoms with van der Waals surface area (Å²) in [5, 5.41) is 10.7. The lowest BCUT2D eigenvalue weighted by atomic mass is 9.59. The van der Waals surface area contributed by atoms with Crippen LogP contribution in [0.5, 0.6) is 5.75 Å². The summed E-state index contributed by atoms with van der Waals surface area (Å²) in [7, 11) is -3.34. The average Bonchev–Trinajstić information content (AvgIpc) is 3.32. The van der Waals surface area contributed by atoms with Crippen LogP contribution in [0.15, 0.2) is 17.7 Å². The number of rotatable bonds is 3. The number of aliphatic hydroxyl groups is 1. The van der Waals surface area contributed by atoms with Gasteiger partial charge in [0.25, 0.3) is 0 Å². The third-order valence-corrected chi connectivity index (χ3v) is 9.19. The summed E-state index contributed by atoms with van der Waals surface area (Å²) >= 11 is 0. The minimum absolute atomic E-state index is 0.0368. The van der Waals surface area contributed by atoms with E-state index in [1.54, 1.807) is 6.07 Å². The zero-order chi connectivity index (χ0) is 21.6. The Morgan fingerprint density at radius 2 is 2.00 bits per heavy atom. The minimum atomic E-state index is -4.76. The number of anilines is 1. The molecule has 4 aliphatic carbocycles. The van der Waals surface area contributed by atoms with E-state index in [1.165, 1.54) is 18.3 Å². The molecule has 1 amide bonds. The lowest BCUT2D eigenvalue weighted by Crippen LogP contribution is -2.41. The second-order valence-corrected chi connectivity index (χ2v) is 10.7. The largest absolute Gasteiger partial charge is 0.495 e. The summed E-state index contributed by atoms with van der Waals surface area (Å²) < 4.78 is 39.1. The molecule has 2 fully saturated rings. The van der Waals surface area contributed by atoms with E-state index in [2.05, 4.69) is 6.92 Å². The fraction of sp³-hybridized carbons (Fsp3) is 0.591. The van der Waals surface area contributed by atoms with Gasteiger partial charge in [-0.25, -0.2) is 0 Å². The van der Waals surface area contributed by atoms with E-state index in [1.807, 2.05) is 6.07 Å². The van der Waals surface area contributed by atoms with Crippen molar-refractivity contribution < 1.29 is 27.6 Å². The van der Waals surface area contributed by atoms with Crippen molar-refractivity contribution in [3.8, 4) is 5.75 Å². The first-order chi connectivity index (χ1) is 14.0. The summed E-state index contributed by atoms with van der Waals surface area (Å²) in [5.41, 5.74) is 4.82. The molecule has 7 nitrogen and oxygen atoms in total. The number of carbonyl (C=O) groups is 1. The zero-order valence-electron chi connectivity index (χ0n) is 17.4. The van der Waals surface area contributed by atoms with Crippen LogP contribution in [0.3, 0.4) is 0 Å². The first-order valence-corrected chi connectivity index (χ1v) is 11.8. The minimum Gasteiger partial charge on any atom is -0.495 e. The molecule has 0 bridgehead atoms. The number of hydrogen-bond acceptors (Lipinski definition) is 5. The van der Waals surface area contributed by atoms with Gasteiger partial charge in [-0.05, 0) is 73.3 Å². The fourth-order valence-electron chi connectivity index (χ4n) is 6.86. The van der Waals surface area contributed by atoms with Crippen molar-refractivity contribution in [3.05, 3.63) is 28.8 Å². The van der Waals surface area contributed by atoms with Crippen molar-refractivity contribution in [2.24, 2.45) is 16.7 Å². The SMILES string of the molecule is COc1cc2c(cc1N(C(C)=O)S(=O)(=O)O)CCC1=C2CC[C@]2(C)[C@H](O)C[C@@H]3C[C@@]132. The molecule has 0 aromatic heterocycles. The van der Waals surface area contributed by atoms with Gasteiger partial charge in [-0.2, -0.15) is 12.7 Å². The van der Waals surface area contributed by atoms with Crippen LogP contribution in [-0.4, -0.2) is 37.2 Å². The Kier molecular flexibility index (Phi) is 4.06. The van der Waals surface area contributed by atoms with Crippen LogP contribution in [0.2, 0.25) is 0 Å². The molecule has 0 saturated heterocycles. The maximum absolute atomic E-state index is 12.0. The first-order valence-electron chi connectivity index (χ1n) is 10.4. The van der Waals surface area contributed by atoms with Gasteiger partial charge in [0.05, 0.1) is 13.2 Å². The smallest absolute Gasteiger partial charge is 0.366 e. The number of hydrogen-bond donors (Lipinski definition) is 2. The van der Waals surface area contributed by atoms with Gasteiger partial charge >= 0.3 is 10.3 Å². The van der Waals surface area contributed by atoms with Crippen LogP contribution >= 0.6 is 0 Å². The molecule has 162 valence electrons. The second-order valence-electron chi connectivity index (χ2n) is 9.44. The molecule has 8 heteroatoms. The Labute approximate surface area is 176 Å². The molecule has 1 aromatic carbocycles. The van der Waals surface area contributed by atoms with E-state index in [-0.39, 0.29) is 28.4 Å². The summed E-state index contributed by atoms with van der Waals surface area (Å²) in [6, 6.07) is 3.47. The number of amides is 1. The van der Waals surface area contributed by atoms with Crippen LogP contribution in [-0.2, 0) is 21.5 Å². The quantitative estimate of drug-likeness (QED) is 0.710. The predicted molar refractivity (Wildman–Crippen MR) is 111 cm³/mol. The maximum Gasteiger partial charge on any atom is 0.366 e. The summed E-state index contributed by atoms with van der Waals surface area (Å²) in [4.78, 5) is 12.0. The van der Waals surface area contributed by atoms with Crippen LogP contribution in [0.25, 0.3) is 5.57 Å². The van der Waals surface area contributed by atoms with Crippen LogP contribution in [0.4, 0.5) is 5.69 Å². The summed E-state index contributed by atoms with van der Waals surface area (Å²) in [5.74, 6) is -0.0160. The molecule has 4 atom stereocenters. The predicted octanol–water partition coefficient (Wildman–Crippen LogP) is 3.12. The molecule has 2 saturated carbocycles. The van der Waals surface area contributed by atoms with E-state index in [9.17, 15) is 22.9 Å². The highest BCUT2D eigenvalue weighted by Crippen LogP contribution is 2.80. The maximum atomic E-state index is 12.0. The molecule has 1 spiro atoms. The highest BCUT2D eigenvalue weighted by atomic mass is 32.2. The number of carbonyl (C=O) groups excluding carboxylic acids is 1.